The molecule has 104 valence electrons. The highest BCUT2D eigenvalue weighted by molar-refractivity contribution is 5.72. The Hall–Kier alpha value is -1.10. The number of aliphatic carboxylic acids is 1. The summed E-state index contributed by atoms with van der Waals surface area (Å²) in [6, 6.07) is 0. The minimum atomic E-state index is -0.733. The highest BCUT2D eigenvalue weighted by Gasteiger charge is 2.33. The van der Waals surface area contributed by atoms with E-state index in [1.165, 1.54) is 0 Å². The predicted octanol–water partition coefficient (Wildman–Crippen LogP) is 1.27. The first kappa shape index (κ1) is 15.0. The Bertz CT molecular complexity index is 295. The quantitative estimate of drug-likeness (QED) is 0.575. The van der Waals surface area contributed by atoms with Gasteiger partial charge in [-0.1, -0.05) is 0 Å². The van der Waals surface area contributed by atoms with E-state index in [0.29, 0.717) is 13.0 Å². The molecule has 0 aliphatic carbocycles. The standard InChI is InChI=1S/C13H23NO4/c1-3-18-13(17)11-6-9-14(2,10-7-11)8-4-5-12(15)16/h11H,3-10H2,1-2H3/p+1. The van der Waals surface area contributed by atoms with Gasteiger partial charge in [0.1, 0.15) is 0 Å². The van der Waals surface area contributed by atoms with Gasteiger partial charge in [0.15, 0.2) is 0 Å². The van der Waals surface area contributed by atoms with Crippen LogP contribution in [0.1, 0.15) is 32.6 Å². The van der Waals surface area contributed by atoms with Gasteiger partial charge in [-0.2, -0.15) is 0 Å². The van der Waals surface area contributed by atoms with Gasteiger partial charge in [0.25, 0.3) is 0 Å². The molecule has 1 aliphatic rings. The first-order chi connectivity index (χ1) is 8.47. The molecule has 0 saturated carbocycles. The maximum atomic E-state index is 11.6. The summed E-state index contributed by atoms with van der Waals surface area (Å²) in [6.07, 6.45) is 2.63. The minimum absolute atomic E-state index is 0.0376. The summed E-state index contributed by atoms with van der Waals surface area (Å²) in [4.78, 5) is 22.1. The summed E-state index contributed by atoms with van der Waals surface area (Å²) < 4.78 is 5.92. The Balaban J connectivity index is 2.32. The van der Waals surface area contributed by atoms with Gasteiger partial charge in [0.2, 0.25) is 0 Å². The smallest absolute Gasteiger partial charge is 0.309 e. The molecular weight excluding hydrogens is 234 g/mol. The number of hydrogen-bond donors (Lipinski definition) is 1. The summed E-state index contributed by atoms with van der Waals surface area (Å²) >= 11 is 0. The van der Waals surface area contributed by atoms with Crippen molar-refractivity contribution in [2.24, 2.45) is 5.92 Å². The molecule has 0 aromatic carbocycles. The summed E-state index contributed by atoms with van der Waals surface area (Å²) in [6.45, 7) is 5.01. The number of esters is 1. The van der Waals surface area contributed by atoms with Crippen LogP contribution in [0, 0.1) is 5.92 Å². The second-order valence-electron chi connectivity index (χ2n) is 5.31. The maximum absolute atomic E-state index is 11.6. The van der Waals surface area contributed by atoms with Crippen LogP contribution in [0.4, 0.5) is 0 Å². The largest absolute Gasteiger partial charge is 0.481 e. The normalized spacial score (nSPS) is 27.8. The summed E-state index contributed by atoms with van der Waals surface area (Å²) in [5, 5.41) is 8.63. The molecule has 0 radical (unpaired) electrons. The lowest BCUT2D eigenvalue weighted by Gasteiger charge is -2.40. The van der Waals surface area contributed by atoms with Gasteiger partial charge in [0, 0.05) is 19.3 Å². The van der Waals surface area contributed by atoms with Gasteiger partial charge in [-0.25, -0.2) is 0 Å². The van der Waals surface area contributed by atoms with Crippen molar-refractivity contribution in [1.29, 1.82) is 0 Å². The van der Waals surface area contributed by atoms with Crippen molar-refractivity contribution < 1.29 is 23.9 Å². The molecule has 1 N–H and O–H groups in total. The fraction of sp³-hybridized carbons (Fsp3) is 0.846. The Morgan fingerprint density at radius 1 is 1.33 bits per heavy atom. The van der Waals surface area contributed by atoms with E-state index in [0.717, 1.165) is 37.0 Å². The number of nitrogens with zero attached hydrogens (tertiary/aromatic N) is 1. The molecule has 0 spiro atoms. The zero-order valence-electron chi connectivity index (χ0n) is 11.4. The number of carbonyl (C=O) groups excluding carboxylic acids is 1. The molecule has 1 rings (SSSR count). The highest BCUT2D eigenvalue weighted by atomic mass is 16.5. The second-order valence-corrected chi connectivity index (χ2v) is 5.31. The fourth-order valence-corrected chi connectivity index (χ4v) is 2.52. The number of rotatable bonds is 6. The van der Waals surface area contributed by atoms with E-state index in [-0.39, 0.29) is 18.3 Å². The molecule has 0 aromatic heterocycles. The lowest BCUT2D eigenvalue weighted by atomic mass is 9.95. The molecule has 0 unspecified atom stereocenters. The molecule has 1 heterocycles. The van der Waals surface area contributed by atoms with Crippen LogP contribution in [0.15, 0.2) is 0 Å². The van der Waals surface area contributed by atoms with E-state index < -0.39 is 5.97 Å². The van der Waals surface area contributed by atoms with Gasteiger partial charge in [-0.05, 0) is 6.92 Å². The zero-order valence-corrected chi connectivity index (χ0v) is 11.4. The van der Waals surface area contributed by atoms with Crippen LogP contribution in [0.5, 0.6) is 0 Å². The van der Waals surface area contributed by atoms with Crippen LogP contribution in [-0.4, -0.2) is 54.8 Å². The maximum Gasteiger partial charge on any atom is 0.309 e. The molecule has 0 bridgehead atoms. The van der Waals surface area contributed by atoms with E-state index >= 15 is 0 Å². The molecule has 0 atom stereocenters. The Morgan fingerprint density at radius 2 is 1.94 bits per heavy atom. The van der Waals surface area contributed by atoms with Crippen LogP contribution in [-0.2, 0) is 14.3 Å². The molecule has 5 nitrogen and oxygen atoms in total. The van der Waals surface area contributed by atoms with Gasteiger partial charge in [0.05, 0.1) is 45.6 Å². The average Bonchev–Trinajstić information content (AvgIpc) is 2.29. The van der Waals surface area contributed by atoms with Gasteiger partial charge >= 0.3 is 11.9 Å². The van der Waals surface area contributed by atoms with Gasteiger partial charge in [-0.3, -0.25) is 9.59 Å². The fourth-order valence-electron chi connectivity index (χ4n) is 2.52. The molecule has 1 aliphatic heterocycles. The topological polar surface area (TPSA) is 63.6 Å². The molecule has 18 heavy (non-hydrogen) atoms. The highest BCUT2D eigenvalue weighted by Crippen LogP contribution is 2.23. The van der Waals surface area contributed by atoms with Crippen molar-refractivity contribution in [2.45, 2.75) is 32.6 Å². The number of carboxylic acid groups (broad SMARTS) is 1. The van der Waals surface area contributed by atoms with Gasteiger partial charge < -0.3 is 14.3 Å². The first-order valence-electron chi connectivity index (χ1n) is 6.69. The third-order valence-electron chi connectivity index (χ3n) is 3.74. The minimum Gasteiger partial charge on any atom is -0.481 e. The van der Waals surface area contributed by atoms with Crippen molar-refractivity contribution >= 4 is 11.9 Å². The van der Waals surface area contributed by atoms with Gasteiger partial charge in [-0.15, -0.1) is 0 Å². The lowest BCUT2D eigenvalue weighted by Crippen LogP contribution is -2.51. The molecule has 0 amide bonds. The van der Waals surface area contributed by atoms with E-state index in [1.807, 2.05) is 6.92 Å². The number of hydrogen-bond acceptors (Lipinski definition) is 3. The Labute approximate surface area is 108 Å². The third kappa shape index (κ3) is 4.64. The number of quaternary nitrogens is 1. The Kier molecular flexibility index (Phi) is 5.59. The first-order valence-corrected chi connectivity index (χ1v) is 6.69. The Morgan fingerprint density at radius 3 is 2.44 bits per heavy atom. The number of likely N-dealkylation sites (tertiary alicyclic amines) is 1. The predicted molar refractivity (Wildman–Crippen MR) is 67.0 cm³/mol. The summed E-state index contributed by atoms with van der Waals surface area (Å²) in [5.74, 6) is -0.770. The van der Waals surface area contributed by atoms with Crippen LogP contribution >= 0.6 is 0 Å². The van der Waals surface area contributed by atoms with Crippen molar-refractivity contribution in [3.05, 3.63) is 0 Å². The molecule has 1 saturated heterocycles. The van der Waals surface area contributed by atoms with Crippen LogP contribution in [0.3, 0.4) is 0 Å². The number of ether oxygens (including phenoxy) is 1. The van der Waals surface area contributed by atoms with E-state index in [1.54, 1.807) is 0 Å². The molecule has 0 aromatic rings. The van der Waals surface area contributed by atoms with E-state index in [2.05, 4.69) is 7.05 Å². The van der Waals surface area contributed by atoms with Crippen molar-refractivity contribution in [2.75, 3.05) is 33.3 Å². The van der Waals surface area contributed by atoms with Crippen molar-refractivity contribution in [3.8, 4) is 0 Å². The average molecular weight is 258 g/mol. The lowest BCUT2D eigenvalue weighted by molar-refractivity contribution is -0.915. The molecule has 1 fully saturated rings. The van der Waals surface area contributed by atoms with Crippen LogP contribution < -0.4 is 0 Å². The van der Waals surface area contributed by atoms with E-state index in [4.69, 9.17) is 9.84 Å². The van der Waals surface area contributed by atoms with Crippen LogP contribution in [0.25, 0.3) is 0 Å². The van der Waals surface area contributed by atoms with Crippen molar-refractivity contribution in [3.63, 3.8) is 0 Å². The second kappa shape index (κ2) is 6.73. The molecular formula is C13H24NO4+. The van der Waals surface area contributed by atoms with Crippen molar-refractivity contribution in [1.82, 2.24) is 0 Å². The third-order valence-corrected chi connectivity index (χ3v) is 3.74. The monoisotopic (exact) mass is 258 g/mol. The zero-order chi connectivity index (χ0) is 13.6. The number of carbonyl (C=O) groups is 2. The molecule has 5 heteroatoms. The van der Waals surface area contributed by atoms with E-state index in [9.17, 15) is 9.59 Å². The summed E-state index contributed by atoms with van der Waals surface area (Å²) in [7, 11) is 2.14. The van der Waals surface area contributed by atoms with Crippen LogP contribution in [0.2, 0.25) is 0 Å². The SMILES string of the molecule is CCOC(=O)C1CC[N+](C)(CCCC(=O)O)CC1. The number of piperidine rings is 1. The number of carboxylic acids is 1. The summed E-state index contributed by atoms with van der Waals surface area (Å²) in [5.41, 5.74) is 0.